The third kappa shape index (κ3) is 1.82. The fourth-order valence-electron chi connectivity index (χ4n) is 1.12. The van der Waals surface area contributed by atoms with Crippen LogP contribution in [0.2, 0.25) is 0 Å². The molecule has 0 fully saturated rings. The van der Waals surface area contributed by atoms with Gasteiger partial charge in [0.2, 0.25) is 0 Å². The third-order valence-corrected chi connectivity index (χ3v) is 1.73. The van der Waals surface area contributed by atoms with Crippen LogP contribution in [0.5, 0.6) is 5.75 Å². The molecule has 0 aliphatic carbocycles. The first-order valence-corrected chi connectivity index (χ1v) is 3.95. The minimum atomic E-state index is 0.212. The zero-order chi connectivity index (χ0) is 10.6. The van der Waals surface area contributed by atoms with Gasteiger partial charge in [-0.1, -0.05) is 6.07 Å². The van der Waals surface area contributed by atoms with Crippen LogP contribution in [0.3, 0.4) is 0 Å². The molecule has 0 heterocycles. The van der Waals surface area contributed by atoms with Crippen molar-refractivity contribution in [1.82, 2.24) is 0 Å². The van der Waals surface area contributed by atoms with E-state index in [1.807, 2.05) is 0 Å². The molecule has 0 saturated heterocycles. The summed E-state index contributed by atoms with van der Waals surface area (Å²) in [6, 6.07) is 5.19. The SMILES string of the molecule is COc1c(N)cccc1C(N)=NC=N. The molecule has 0 radical (unpaired) electrons. The van der Waals surface area contributed by atoms with Crippen molar-refractivity contribution in [2.45, 2.75) is 0 Å². The van der Waals surface area contributed by atoms with Crippen LogP contribution in [0.1, 0.15) is 5.56 Å². The molecule has 0 spiro atoms. The maximum atomic E-state index is 6.80. The Bertz CT molecular complexity index is 373. The second-order valence-electron chi connectivity index (χ2n) is 2.57. The summed E-state index contributed by atoms with van der Waals surface area (Å²) in [7, 11) is 1.51. The van der Waals surface area contributed by atoms with Gasteiger partial charge >= 0.3 is 0 Å². The highest BCUT2D eigenvalue weighted by molar-refractivity contribution is 6.04. The Morgan fingerprint density at radius 2 is 2.29 bits per heavy atom. The number of ether oxygens (including phenoxy) is 1. The van der Waals surface area contributed by atoms with E-state index >= 15 is 0 Å². The fraction of sp³-hybridized carbons (Fsp3) is 0.111. The molecule has 1 rings (SSSR count). The van der Waals surface area contributed by atoms with Crippen molar-refractivity contribution in [2.24, 2.45) is 10.7 Å². The lowest BCUT2D eigenvalue weighted by Gasteiger charge is -2.09. The second kappa shape index (κ2) is 4.27. The number of amidine groups is 1. The summed E-state index contributed by atoms with van der Waals surface area (Å²) < 4.78 is 5.08. The summed E-state index contributed by atoms with van der Waals surface area (Å²) in [5.74, 6) is 0.694. The van der Waals surface area contributed by atoms with Crippen LogP contribution in [0.4, 0.5) is 5.69 Å². The number of hydrogen-bond donors (Lipinski definition) is 3. The van der Waals surface area contributed by atoms with Crippen LogP contribution in [0.15, 0.2) is 23.2 Å². The van der Waals surface area contributed by atoms with Crippen molar-refractivity contribution in [2.75, 3.05) is 12.8 Å². The molecule has 0 bridgehead atoms. The Morgan fingerprint density at radius 3 is 2.86 bits per heavy atom. The van der Waals surface area contributed by atoms with E-state index in [-0.39, 0.29) is 5.84 Å². The molecular formula is C9H12N4O. The number of anilines is 1. The monoisotopic (exact) mass is 192 g/mol. The number of aliphatic imine (C=N–C) groups is 1. The number of para-hydroxylation sites is 1. The predicted octanol–water partition coefficient (Wildman–Crippen LogP) is 0.590. The van der Waals surface area contributed by atoms with E-state index < -0.39 is 0 Å². The fourth-order valence-corrected chi connectivity index (χ4v) is 1.12. The van der Waals surface area contributed by atoms with Gasteiger partial charge in [0.25, 0.3) is 0 Å². The Morgan fingerprint density at radius 1 is 1.57 bits per heavy atom. The van der Waals surface area contributed by atoms with Crippen LogP contribution < -0.4 is 16.2 Å². The molecule has 0 aromatic heterocycles. The Labute approximate surface area is 81.9 Å². The number of nitrogen functional groups attached to an aromatic ring is 1. The number of methoxy groups -OCH3 is 1. The summed E-state index contributed by atoms with van der Waals surface area (Å²) in [6.07, 6.45) is 0.873. The lowest BCUT2D eigenvalue weighted by molar-refractivity contribution is 0.416. The standard InChI is InChI=1S/C9H12N4O/c1-14-8-6(9(12)13-5-10)3-2-4-7(8)11/h2-5H,11H2,1H3,(H3,10,12,13). The van der Waals surface area contributed by atoms with Gasteiger partial charge in [-0.3, -0.25) is 5.41 Å². The zero-order valence-electron chi connectivity index (χ0n) is 7.82. The molecule has 14 heavy (non-hydrogen) atoms. The van der Waals surface area contributed by atoms with Crippen LogP contribution in [-0.2, 0) is 0 Å². The number of benzene rings is 1. The molecule has 1 aromatic carbocycles. The van der Waals surface area contributed by atoms with E-state index in [9.17, 15) is 0 Å². The highest BCUT2D eigenvalue weighted by atomic mass is 16.5. The maximum Gasteiger partial charge on any atom is 0.152 e. The first-order chi connectivity index (χ1) is 6.70. The highest BCUT2D eigenvalue weighted by Crippen LogP contribution is 2.25. The first kappa shape index (κ1) is 10.0. The van der Waals surface area contributed by atoms with Crippen molar-refractivity contribution < 1.29 is 4.74 Å². The molecular weight excluding hydrogens is 180 g/mol. The Hall–Kier alpha value is -2.04. The summed E-state index contributed by atoms with van der Waals surface area (Å²) in [4.78, 5) is 3.65. The molecule has 0 atom stereocenters. The number of nitrogens with two attached hydrogens (primary N) is 2. The van der Waals surface area contributed by atoms with Gasteiger partial charge in [0.05, 0.1) is 18.4 Å². The first-order valence-electron chi connectivity index (χ1n) is 3.95. The minimum absolute atomic E-state index is 0.212. The van der Waals surface area contributed by atoms with Crippen LogP contribution in [0.25, 0.3) is 0 Å². The zero-order valence-corrected chi connectivity index (χ0v) is 7.82. The van der Waals surface area contributed by atoms with Crippen molar-refractivity contribution in [1.29, 1.82) is 5.41 Å². The summed E-state index contributed by atoms with van der Waals surface area (Å²) in [5, 5.41) is 6.80. The summed E-state index contributed by atoms with van der Waals surface area (Å²) >= 11 is 0. The lowest BCUT2D eigenvalue weighted by atomic mass is 10.1. The minimum Gasteiger partial charge on any atom is -0.494 e. The number of nitrogens with one attached hydrogen (secondary N) is 1. The number of rotatable bonds is 3. The molecule has 5 N–H and O–H groups in total. The van der Waals surface area contributed by atoms with Crippen LogP contribution in [-0.4, -0.2) is 19.3 Å². The van der Waals surface area contributed by atoms with Gasteiger partial charge in [-0.25, -0.2) is 4.99 Å². The molecule has 74 valence electrons. The Kier molecular flexibility index (Phi) is 3.06. The van der Waals surface area contributed by atoms with Gasteiger partial charge in [0, 0.05) is 0 Å². The lowest BCUT2D eigenvalue weighted by Crippen LogP contribution is -2.15. The van der Waals surface area contributed by atoms with Gasteiger partial charge < -0.3 is 16.2 Å². The van der Waals surface area contributed by atoms with Crippen molar-refractivity contribution >= 4 is 17.9 Å². The average molecular weight is 192 g/mol. The molecule has 0 saturated carbocycles. The molecule has 0 unspecified atom stereocenters. The normalized spacial score (nSPS) is 11.1. The molecule has 0 aliphatic heterocycles. The molecule has 5 heteroatoms. The van der Waals surface area contributed by atoms with E-state index in [1.165, 1.54) is 7.11 Å². The quantitative estimate of drug-likeness (QED) is 0.371. The number of hydrogen-bond acceptors (Lipinski definition) is 3. The molecule has 0 amide bonds. The van der Waals surface area contributed by atoms with E-state index in [4.69, 9.17) is 21.6 Å². The Balaban J connectivity index is 3.26. The largest absolute Gasteiger partial charge is 0.494 e. The van der Waals surface area contributed by atoms with E-state index in [0.29, 0.717) is 17.0 Å². The van der Waals surface area contributed by atoms with Crippen molar-refractivity contribution in [3.8, 4) is 5.75 Å². The highest BCUT2D eigenvalue weighted by Gasteiger charge is 2.08. The average Bonchev–Trinajstić information content (AvgIpc) is 2.17. The second-order valence-corrected chi connectivity index (χ2v) is 2.57. The topological polar surface area (TPSA) is 97.5 Å². The third-order valence-electron chi connectivity index (χ3n) is 1.73. The van der Waals surface area contributed by atoms with E-state index in [0.717, 1.165) is 6.34 Å². The van der Waals surface area contributed by atoms with Gasteiger partial charge in [0.1, 0.15) is 12.2 Å². The van der Waals surface area contributed by atoms with Crippen molar-refractivity contribution in [3.05, 3.63) is 23.8 Å². The van der Waals surface area contributed by atoms with Gasteiger partial charge in [0.15, 0.2) is 5.75 Å². The smallest absolute Gasteiger partial charge is 0.152 e. The van der Waals surface area contributed by atoms with E-state index in [2.05, 4.69) is 4.99 Å². The van der Waals surface area contributed by atoms with Crippen LogP contribution >= 0.6 is 0 Å². The maximum absolute atomic E-state index is 6.80. The van der Waals surface area contributed by atoms with Gasteiger partial charge in [-0.2, -0.15) is 0 Å². The van der Waals surface area contributed by atoms with E-state index in [1.54, 1.807) is 18.2 Å². The van der Waals surface area contributed by atoms with Crippen LogP contribution in [0, 0.1) is 5.41 Å². The number of nitrogens with zero attached hydrogens (tertiary/aromatic N) is 1. The molecule has 0 aliphatic rings. The molecule has 5 nitrogen and oxygen atoms in total. The summed E-state index contributed by atoms with van der Waals surface area (Å²) in [5.41, 5.74) is 12.4. The summed E-state index contributed by atoms with van der Waals surface area (Å²) in [6.45, 7) is 0. The molecule has 1 aromatic rings. The van der Waals surface area contributed by atoms with Crippen molar-refractivity contribution in [3.63, 3.8) is 0 Å². The predicted molar refractivity (Wildman–Crippen MR) is 56.9 cm³/mol. The van der Waals surface area contributed by atoms with Gasteiger partial charge in [-0.15, -0.1) is 0 Å². The van der Waals surface area contributed by atoms with Gasteiger partial charge in [-0.05, 0) is 12.1 Å².